The van der Waals surface area contributed by atoms with Gasteiger partial charge in [-0.3, -0.25) is 0 Å². The molecule has 0 atom stereocenters. The molecular weight excluding hydrogens is 874 g/mol. The number of aromatic nitrogens is 12. The Bertz CT molecular complexity index is 2490. The fourth-order valence-electron chi connectivity index (χ4n) is 4.61. The molecule has 8 aromatic rings. The normalized spacial score (nSPS) is 9.36. The molecule has 0 spiro atoms. The molecule has 6 aromatic heterocycles. The SMILES string of the molecule is C.CNc1ccc(OC)nn1.COc1ccc(N(C)c2nc(C)nc3ccccc23)nn1.COc1ccc(N)nn1.C[O-].Cc1nc(Cl)c2ccccc2n1.Nc1ccc(Cl)nn1.[Na+]. The van der Waals surface area contributed by atoms with E-state index in [-0.39, 0.29) is 37.0 Å². The number of nitrogens with zero attached hydrogens (tertiary/aromatic N) is 13. The van der Waals surface area contributed by atoms with Gasteiger partial charge in [0, 0.05) is 43.1 Å². The maximum atomic E-state index is 8.25. The van der Waals surface area contributed by atoms with Gasteiger partial charge in [0.1, 0.15) is 40.1 Å². The second-order valence-corrected chi connectivity index (χ2v) is 12.4. The summed E-state index contributed by atoms with van der Waals surface area (Å²) in [5.41, 5.74) is 12.3. The number of hydrogen-bond acceptors (Lipinski definition) is 20. The van der Waals surface area contributed by atoms with Crippen molar-refractivity contribution in [1.82, 2.24) is 60.7 Å². The van der Waals surface area contributed by atoms with Crippen molar-refractivity contribution in [2.24, 2.45) is 0 Å². The van der Waals surface area contributed by atoms with Gasteiger partial charge in [0.15, 0.2) is 11.0 Å². The number of aryl methyl sites for hydroxylation is 2. The van der Waals surface area contributed by atoms with Crippen molar-refractivity contribution in [3.05, 3.63) is 119 Å². The molecule has 8 rings (SSSR count). The maximum absolute atomic E-state index is 8.25. The number of benzene rings is 2. The molecule has 0 aliphatic rings. The molecule has 0 saturated heterocycles. The van der Waals surface area contributed by atoms with Crippen LogP contribution in [0.4, 0.5) is 29.1 Å². The molecule has 0 bridgehead atoms. The van der Waals surface area contributed by atoms with Gasteiger partial charge in [0.05, 0.1) is 32.4 Å². The summed E-state index contributed by atoms with van der Waals surface area (Å²) in [6.07, 6.45) is 0. The fourth-order valence-corrected chi connectivity index (χ4v) is 5.00. The summed E-state index contributed by atoms with van der Waals surface area (Å²) in [6, 6.07) is 29.2. The zero-order chi connectivity index (χ0) is 45.4. The first-order valence-electron chi connectivity index (χ1n) is 18.0. The third-order valence-corrected chi connectivity index (χ3v) is 7.98. The van der Waals surface area contributed by atoms with Gasteiger partial charge in [-0.2, -0.15) is 7.11 Å². The number of ether oxygens (including phenoxy) is 3. The molecule has 0 amide bonds. The largest absolute Gasteiger partial charge is 1.00 e. The van der Waals surface area contributed by atoms with Gasteiger partial charge < -0.3 is 41.0 Å². The maximum Gasteiger partial charge on any atom is 1.00 e. The van der Waals surface area contributed by atoms with Crippen LogP contribution in [0.3, 0.4) is 0 Å². The zero-order valence-corrected chi connectivity index (χ0v) is 39.6. The van der Waals surface area contributed by atoms with Crippen molar-refractivity contribution in [3.8, 4) is 17.6 Å². The van der Waals surface area contributed by atoms with Gasteiger partial charge in [-0.05, 0) is 68.4 Å². The van der Waals surface area contributed by atoms with Crippen LogP contribution in [-0.2, 0) is 0 Å². The molecule has 5 N–H and O–H groups in total. The van der Waals surface area contributed by atoms with E-state index in [1.807, 2.05) is 80.4 Å². The van der Waals surface area contributed by atoms with Gasteiger partial charge in [0.2, 0.25) is 17.6 Å². The minimum atomic E-state index is 0. The van der Waals surface area contributed by atoms with E-state index in [9.17, 15) is 0 Å². The molecule has 6 heterocycles. The van der Waals surface area contributed by atoms with Crippen LogP contribution < -0.4 is 70.6 Å². The molecular formula is C41H49Cl2N16NaO4. The van der Waals surface area contributed by atoms with Crippen LogP contribution in [0.2, 0.25) is 10.3 Å². The Morgan fingerprint density at radius 1 is 0.562 bits per heavy atom. The number of anilines is 5. The fraction of sp³-hybridized carbons (Fsp3) is 0.220. The molecule has 23 heteroatoms. The number of para-hydroxylation sites is 2. The summed E-state index contributed by atoms with van der Waals surface area (Å²) < 4.78 is 14.6. The molecule has 2 aromatic carbocycles. The number of halogens is 2. The van der Waals surface area contributed by atoms with Crippen LogP contribution in [0.15, 0.2) is 97.1 Å². The summed E-state index contributed by atoms with van der Waals surface area (Å²) in [6.45, 7) is 3.71. The Morgan fingerprint density at radius 3 is 1.48 bits per heavy atom. The number of nitrogen functional groups attached to an aromatic ring is 2. The Balaban J connectivity index is 0.000000414. The average Bonchev–Trinajstić information content (AvgIpc) is 3.31. The van der Waals surface area contributed by atoms with Gasteiger partial charge in [0.25, 0.3) is 0 Å². The van der Waals surface area contributed by atoms with Crippen molar-refractivity contribution in [3.63, 3.8) is 0 Å². The van der Waals surface area contributed by atoms with Crippen LogP contribution in [0.25, 0.3) is 21.8 Å². The first-order valence-corrected chi connectivity index (χ1v) is 18.8. The van der Waals surface area contributed by atoms with Crippen LogP contribution in [0, 0.1) is 13.8 Å². The van der Waals surface area contributed by atoms with Crippen molar-refractivity contribution >= 4 is 74.1 Å². The van der Waals surface area contributed by atoms with E-state index in [0.29, 0.717) is 51.2 Å². The van der Waals surface area contributed by atoms with E-state index in [2.05, 4.69) is 66.0 Å². The van der Waals surface area contributed by atoms with Crippen molar-refractivity contribution in [2.45, 2.75) is 21.3 Å². The summed E-state index contributed by atoms with van der Waals surface area (Å²) in [4.78, 5) is 19.2. The van der Waals surface area contributed by atoms with Crippen molar-refractivity contribution < 1.29 is 48.9 Å². The van der Waals surface area contributed by atoms with Gasteiger partial charge >= 0.3 is 29.6 Å². The second-order valence-electron chi connectivity index (χ2n) is 11.7. The Kier molecular flexibility index (Phi) is 25.9. The van der Waals surface area contributed by atoms with Crippen LogP contribution in [0.1, 0.15) is 19.1 Å². The average molecular weight is 924 g/mol. The first-order chi connectivity index (χ1) is 29.9. The Morgan fingerprint density at radius 2 is 1.03 bits per heavy atom. The minimum Gasteiger partial charge on any atom is -0.857 e. The first kappa shape index (κ1) is 55.6. The molecule has 64 heavy (non-hydrogen) atoms. The third-order valence-electron chi connectivity index (χ3n) is 7.49. The Labute approximate surface area is 403 Å². The number of hydrogen-bond donors (Lipinski definition) is 3. The predicted molar refractivity (Wildman–Crippen MR) is 245 cm³/mol. The molecule has 0 aliphatic heterocycles. The molecule has 0 aliphatic carbocycles. The third kappa shape index (κ3) is 18.1. The standard InChI is InChI=1S/C15H15N5O.C9H7ClN2.C6H9N3O.C5H7N3O.C4H4ClN3.CH3O.CH4.Na/c1-10-16-12-7-5-4-6-11(12)15(17-10)20(2)13-8-9-14(21-3)19-18-13;1-6-11-8-5-3-2-4-7(8)9(10)12-6;1-7-5-3-4-6(10-2)9-8-5;1-9-5-3-2-4(6)7-8-5;5-3-1-2-4(6)8-7-3;1-2;;/h4-9H,1-3H3;2-5H,1H3;3-4H,1-2H3,(H,7,8);2-3H,1H3,(H2,6,7);1-2H,(H2,6,8);1H3;1H4;/q;;;;;-1;;+1. The molecule has 0 radical (unpaired) electrons. The van der Waals surface area contributed by atoms with Crippen LogP contribution >= 0.6 is 23.2 Å². The minimum absolute atomic E-state index is 0. The van der Waals surface area contributed by atoms with Gasteiger partial charge in [-0.25, -0.2) is 19.9 Å². The number of rotatable bonds is 6. The Hall–Kier alpha value is -6.42. The van der Waals surface area contributed by atoms with Crippen LogP contribution in [0.5, 0.6) is 17.6 Å². The summed E-state index contributed by atoms with van der Waals surface area (Å²) in [5.74, 6) is 5.93. The van der Waals surface area contributed by atoms with E-state index in [1.54, 1.807) is 63.7 Å². The summed E-state index contributed by atoms with van der Waals surface area (Å²) >= 11 is 11.3. The summed E-state index contributed by atoms with van der Waals surface area (Å²) in [7, 11) is 9.10. The summed E-state index contributed by atoms with van der Waals surface area (Å²) in [5, 5.41) is 43.6. The van der Waals surface area contributed by atoms with Gasteiger partial charge in [-0.1, -0.05) is 54.9 Å². The second kappa shape index (κ2) is 29.8. The number of nitrogens with two attached hydrogens (primary N) is 2. The monoisotopic (exact) mass is 922 g/mol. The zero-order valence-electron chi connectivity index (χ0n) is 36.1. The van der Waals surface area contributed by atoms with E-state index in [0.717, 1.165) is 46.4 Å². The molecule has 0 saturated carbocycles. The molecule has 332 valence electrons. The molecule has 0 fully saturated rings. The molecule has 0 unspecified atom stereocenters. The topological polar surface area (TPSA) is 273 Å². The van der Waals surface area contributed by atoms with Crippen molar-refractivity contribution in [1.29, 1.82) is 0 Å². The van der Waals surface area contributed by atoms with Gasteiger partial charge in [-0.15, -0.1) is 40.8 Å². The van der Waals surface area contributed by atoms with E-state index >= 15 is 0 Å². The van der Waals surface area contributed by atoms with Crippen molar-refractivity contribution in [2.75, 3.05) is 64.2 Å². The number of methoxy groups -OCH3 is 3. The van der Waals surface area contributed by atoms with Crippen LogP contribution in [-0.4, -0.2) is 103 Å². The van der Waals surface area contributed by atoms with E-state index in [1.165, 1.54) is 7.11 Å². The van der Waals surface area contributed by atoms with E-state index < -0.39 is 0 Å². The molecule has 20 nitrogen and oxygen atoms in total. The quantitative estimate of drug-likeness (QED) is 0.160. The smallest absolute Gasteiger partial charge is 0.857 e. The predicted octanol–water partition coefficient (Wildman–Crippen LogP) is 3.02. The number of nitrogens with one attached hydrogen (secondary N) is 1. The van der Waals surface area contributed by atoms with E-state index in [4.69, 9.17) is 54.0 Å². The number of fused-ring (bicyclic) bond motifs is 2.